The summed E-state index contributed by atoms with van der Waals surface area (Å²) in [6.07, 6.45) is 7.29. The van der Waals surface area contributed by atoms with Gasteiger partial charge in [0.2, 0.25) is 0 Å². The predicted octanol–water partition coefficient (Wildman–Crippen LogP) is 3.34. The lowest BCUT2D eigenvalue weighted by Crippen LogP contribution is -2.15. The van der Waals surface area contributed by atoms with Crippen molar-refractivity contribution in [2.75, 3.05) is 0 Å². The van der Waals surface area contributed by atoms with Crippen LogP contribution in [0.2, 0.25) is 0 Å². The smallest absolute Gasteiger partial charge is 0.140 e. The molecule has 0 spiro atoms. The van der Waals surface area contributed by atoms with Gasteiger partial charge in [0.15, 0.2) is 0 Å². The second-order valence-electron chi connectivity index (χ2n) is 5.41. The van der Waals surface area contributed by atoms with Crippen LogP contribution in [0.3, 0.4) is 0 Å². The molecule has 0 aliphatic carbocycles. The molecule has 0 fully saturated rings. The fourth-order valence-corrected chi connectivity index (χ4v) is 2.70. The third-order valence-electron chi connectivity index (χ3n) is 3.77. The summed E-state index contributed by atoms with van der Waals surface area (Å²) in [6.45, 7) is 6.22. The molecular formula is C18H19N3O. The first-order valence-electron chi connectivity index (χ1n) is 7.35. The van der Waals surface area contributed by atoms with Crippen LogP contribution in [0.25, 0.3) is 22.3 Å². The Bertz CT molecular complexity index is 807. The van der Waals surface area contributed by atoms with Crippen LogP contribution in [0.15, 0.2) is 55.5 Å². The molecule has 0 saturated heterocycles. The molecule has 3 rings (SSSR count). The molecule has 0 aliphatic heterocycles. The monoisotopic (exact) mass is 293 g/mol. The number of hydrogen-bond acceptors (Lipinski definition) is 3. The van der Waals surface area contributed by atoms with Gasteiger partial charge in [-0.05, 0) is 25.0 Å². The number of benzene rings is 1. The molecule has 22 heavy (non-hydrogen) atoms. The Kier molecular flexibility index (Phi) is 4.02. The molecule has 3 aromatic rings. The maximum atomic E-state index is 10.0. The van der Waals surface area contributed by atoms with Crippen LogP contribution in [-0.2, 0) is 6.54 Å². The van der Waals surface area contributed by atoms with E-state index in [1.54, 1.807) is 18.5 Å². The molecule has 0 radical (unpaired) electrons. The third kappa shape index (κ3) is 2.65. The average Bonchev–Trinajstić information content (AvgIpc) is 2.96. The van der Waals surface area contributed by atoms with Gasteiger partial charge in [0.1, 0.15) is 5.82 Å². The number of aliphatic hydroxyl groups is 1. The zero-order chi connectivity index (χ0) is 15.5. The van der Waals surface area contributed by atoms with Gasteiger partial charge >= 0.3 is 0 Å². The average molecular weight is 293 g/mol. The number of aryl methyl sites for hydroxylation is 1. The van der Waals surface area contributed by atoms with Gasteiger partial charge in [-0.3, -0.25) is 4.98 Å². The van der Waals surface area contributed by atoms with Crippen molar-refractivity contribution in [3.8, 4) is 11.4 Å². The van der Waals surface area contributed by atoms with E-state index in [9.17, 15) is 5.11 Å². The van der Waals surface area contributed by atoms with E-state index in [2.05, 4.69) is 41.7 Å². The van der Waals surface area contributed by atoms with Crippen molar-refractivity contribution in [1.29, 1.82) is 0 Å². The summed E-state index contributed by atoms with van der Waals surface area (Å²) < 4.78 is 1.98. The van der Waals surface area contributed by atoms with Crippen LogP contribution < -0.4 is 0 Å². The Morgan fingerprint density at radius 2 is 2.14 bits per heavy atom. The number of aliphatic hydroxyl groups excluding tert-OH is 1. The zero-order valence-corrected chi connectivity index (χ0v) is 12.6. The first kappa shape index (κ1) is 14.5. The Morgan fingerprint density at radius 3 is 2.95 bits per heavy atom. The molecule has 0 bridgehead atoms. The van der Waals surface area contributed by atoms with E-state index in [1.807, 2.05) is 16.8 Å². The molecule has 0 aliphatic rings. The predicted molar refractivity (Wildman–Crippen MR) is 88.5 cm³/mol. The molecule has 1 aromatic carbocycles. The SMILES string of the molecule is C=CCC(O)Cn1ccnc1-c1ccc(C)c2ncccc12. The lowest BCUT2D eigenvalue weighted by atomic mass is 10.0. The van der Waals surface area contributed by atoms with Crippen LogP contribution in [0, 0.1) is 6.92 Å². The number of hydrogen-bond donors (Lipinski definition) is 1. The largest absolute Gasteiger partial charge is 0.391 e. The number of rotatable bonds is 5. The molecule has 1 unspecified atom stereocenters. The summed E-state index contributed by atoms with van der Waals surface area (Å²) >= 11 is 0. The molecule has 112 valence electrons. The van der Waals surface area contributed by atoms with Crippen molar-refractivity contribution >= 4 is 10.9 Å². The molecule has 2 heterocycles. The molecular weight excluding hydrogens is 274 g/mol. The summed E-state index contributed by atoms with van der Waals surface area (Å²) in [7, 11) is 0. The number of imidazole rings is 1. The Morgan fingerprint density at radius 1 is 1.27 bits per heavy atom. The summed E-state index contributed by atoms with van der Waals surface area (Å²) in [5.74, 6) is 0.848. The molecule has 2 aromatic heterocycles. The van der Waals surface area contributed by atoms with Crippen LogP contribution >= 0.6 is 0 Å². The minimum absolute atomic E-state index is 0.458. The number of nitrogens with zero attached hydrogens (tertiary/aromatic N) is 3. The Balaban J connectivity index is 2.08. The third-order valence-corrected chi connectivity index (χ3v) is 3.77. The normalized spacial score (nSPS) is 12.5. The fraction of sp³-hybridized carbons (Fsp3) is 0.222. The Labute approximate surface area is 129 Å². The number of aromatic nitrogens is 3. The highest BCUT2D eigenvalue weighted by Gasteiger charge is 2.13. The van der Waals surface area contributed by atoms with Gasteiger partial charge in [0.25, 0.3) is 0 Å². The van der Waals surface area contributed by atoms with Gasteiger partial charge in [-0.1, -0.05) is 24.3 Å². The van der Waals surface area contributed by atoms with Crippen molar-refractivity contribution in [2.45, 2.75) is 26.0 Å². The molecule has 4 heteroatoms. The van der Waals surface area contributed by atoms with Crippen LogP contribution in [0.5, 0.6) is 0 Å². The van der Waals surface area contributed by atoms with E-state index < -0.39 is 6.10 Å². The fourth-order valence-electron chi connectivity index (χ4n) is 2.70. The highest BCUT2D eigenvalue weighted by molar-refractivity contribution is 5.94. The van der Waals surface area contributed by atoms with Crippen molar-refractivity contribution in [3.63, 3.8) is 0 Å². The summed E-state index contributed by atoms with van der Waals surface area (Å²) in [5.41, 5.74) is 3.16. The van der Waals surface area contributed by atoms with Crippen molar-refractivity contribution < 1.29 is 5.11 Å². The van der Waals surface area contributed by atoms with Crippen molar-refractivity contribution in [3.05, 3.63) is 61.1 Å². The first-order valence-corrected chi connectivity index (χ1v) is 7.35. The van der Waals surface area contributed by atoms with Crippen LogP contribution in [0.1, 0.15) is 12.0 Å². The second kappa shape index (κ2) is 6.12. The maximum absolute atomic E-state index is 10.0. The van der Waals surface area contributed by atoms with E-state index in [-0.39, 0.29) is 0 Å². The van der Waals surface area contributed by atoms with Gasteiger partial charge in [0.05, 0.1) is 18.2 Å². The number of fused-ring (bicyclic) bond motifs is 1. The maximum Gasteiger partial charge on any atom is 0.140 e. The quantitative estimate of drug-likeness (QED) is 0.734. The number of pyridine rings is 1. The lowest BCUT2D eigenvalue weighted by molar-refractivity contribution is 0.158. The summed E-state index contributed by atoms with van der Waals surface area (Å²) in [5, 5.41) is 11.1. The van der Waals surface area contributed by atoms with E-state index in [0.29, 0.717) is 13.0 Å². The topological polar surface area (TPSA) is 50.9 Å². The zero-order valence-electron chi connectivity index (χ0n) is 12.6. The van der Waals surface area contributed by atoms with Gasteiger partial charge in [0, 0.05) is 29.5 Å². The summed E-state index contributed by atoms with van der Waals surface area (Å²) in [4.78, 5) is 8.95. The molecule has 0 saturated carbocycles. The van der Waals surface area contributed by atoms with Crippen molar-refractivity contribution in [1.82, 2.24) is 14.5 Å². The van der Waals surface area contributed by atoms with Gasteiger partial charge in [-0.15, -0.1) is 6.58 Å². The molecule has 4 nitrogen and oxygen atoms in total. The van der Waals surface area contributed by atoms with Gasteiger partial charge < -0.3 is 9.67 Å². The second-order valence-corrected chi connectivity index (χ2v) is 5.41. The minimum Gasteiger partial charge on any atom is -0.391 e. The van der Waals surface area contributed by atoms with Gasteiger partial charge in [-0.25, -0.2) is 4.98 Å². The molecule has 1 atom stereocenters. The molecule has 0 amide bonds. The van der Waals surface area contributed by atoms with E-state index in [1.165, 1.54) is 0 Å². The van der Waals surface area contributed by atoms with Crippen LogP contribution in [0.4, 0.5) is 0 Å². The van der Waals surface area contributed by atoms with Crippen molar-refractivity contribution in [2.24, 2.45) is 0 Å². The first-order chi connectivity index (χ1) is 10.7. The highest BCUT2D eigenvalue weighted by Crippen LogP contribution is 2.28. The van der Waals surface area contributed by atoms with E-state index >= 15 is 0 Å². The highest BCUT2D eigenvalue weighted by atomic mass is 16.3. The summed E-state index contributed by atoms with van der Waals surface area (Å²) in [6, 6.07) is 8.12. The van der Waals surface area contributed by atoms with Crippen LogP contribution in [-0.4, -0.2) is 25.7 Å². The van der Waals surface area contributed by atoms with Gasteiger partial charge in [-0.2, -0.15) is 0 Å². The molecule has 1 N–H and O–H groups in total. The van der Waals surface area contributed by atoms with E-state index in [4.69, 9.17) is 0 Å². The van der Waals surface area contributed by atoms with E-state index in [0.717, 1.165) is 27.9 Å². The standard InChI is InChI=1S/C18H19N3O/c1-3-5-14(22)12-21-11-10-20-18(21)16-8-7-13(2)17-15(16)6-4-9-19-17/h3-4,6-11,14,22H,1,5,12H2,2H3. The Hall–Kier alpha value is -2.46. The lowest BCUT2D eigenvalue weighted by Gasteiger charge is -2.14. The minimum atomic E-state index is -0.458.